The van der Waals surface area contributed by atoms with Crippen molar-refractivity contribution >= 4 is 17.3 Å². The molecule has 3 heteroatoms. The topological polar surface area (TPSA) is 21.6 Å². The van der Waals surface area contributed by atoms with E-state index in [1.54, 1.807) is 7.05 Å². The molecule has 0 saturated carbocycles. The summed E-state index contributed by atoms with van der Waals surface area (Å²) >= 11 is 6.03. The summed E-state index contributed by atoms with van der Waals surface area (Å²) in [6.45, 7) is 1.18. The average molecular weight is 196 g/mol. The maximum atomic E-state index is 6.03. The second kappa shape index (κ2) is 3.48. The fourth-order valence-corrected chi connectivity index (χ4v) is 1.72. The number of rotatable bonds is 0. The molecule has 1 heterocycles. The van der Waals surface area contributed by atoms with Gasteiger partial charge in [-0.05, 0) is 6.07 Å². The number of nitrogens with zero attached hydrogens (tertiary/aromatic N) is 1. The molecule has 0 N–H and O–H groups in total. The molecule has 1 aromatic rings. The molecule has 1 aliphatic rings. The van der Waals surface area contributed by atoms with Gasteiger partial charge in [0, 0.05) is 23.2 Å². The lowest BCUT2D eigenvalue weighted by atomic mass is 10.0. The Morgan fingerprint density at radius 3 is 3.00 bits per heavy atom. The Bertz CT molecular complexity index is 360. The molecule has 0 unspecified atom stereocenters. The average Bonchev–Trinajstić information content (AvgIpc) is 2.18. The van der Waals surface area contributed by atoms with Gasteiger partial charge >= 0.3 is 0 Å². The van der Waals surface area contributed by atoms with Crippen LogP contribution in [0.15, 0.2) is 23.2 Å². The molecule has 68 valence electrons. The Morgan fingerprint density at radius 1 is 1.38 bits per heavy atom. The molecule has 0 bridgehead atoms. The Kier molecular flexibility index (Phi) is 2.34. The first-order valence-corrected chi connectivity index (χ1v) is 4.52. The summed E-state index contributed by atoms with van der Waals surface area (Å²) in [7, 11) is 1.77. The van der Waals surface area contributed by atoms with Gasteiger partial charge in [0.05, 0.1) is 18.9 Å². The highest BCUT2D eigenvalue weighted by atomic mass is 35.5. The molecule has 0 saturated heterocycles. The lowest BCUT2D eigenvalue weighted by Gasteiger charge is -2.18. The van der Waals surface area contributed by atoms with E-state index in [-0.39, 0.29) is 0 Å². The van der Waals surface area contributed by atoms with Crippen LogP contribution in [0, 0.1) is 0 Å². The Morgan fingerprint density at radius 2 is 2.23 bits per heavy atom. The fourth-order valence-electron chi connectivity index (χ4n) is 1.49. The maximum absolute atomic E-state index is 6.03. The van der Waals surface area contributed by atoms with Gasteiger partial charge in [-0.3, -0.25) is 4.99 Å². The quantitative estimate of drug-likeness (QED) is 0.623. The standard InChI is InChI=1S/C10H10ClNO/c1-12-10-6-13-5-8-7(10)3-2-4-9(8)11/h2-4H,5-6H2,1H3/b12-10+. The number of benzene rings is 1. The van der Waals surface area contributed by atoms with E-state index >= 15 is 0 Å². The largest absolute Gasteiger partial charge is 0.370 e. The number of hydrogen-bond donors (Lipinski definition) is 0. The highest BCUT2D eigenvalue weighted by Gasteiger charge is 2.16. The summed E-state index contributed by atoms with van der Waals surface area (Å²) in [6, 6.07) is 5.85. The predicted octanol–water partition coefficient (Wildman–Crippen LogP) is 2.29. The van der Waals surface area contributed by atoms with E-state index < -0.39 is 0 Å². The SMILES string of the molecule is C/N=C1\COCc2c(Cl)cccc21. The zero-order valence-corrected chi connectivity index (χ0v) is 8.14. The molecule has 2 nitrogen and oxygen atoms in total. The minimum atomic E-state index is 0.587. The second-order valence-corrected chi connectivity index (χ2v) is 3.34. The van der Waals surface area contributed by atoms with Gasteiger partial charge in [-0.15, -0.1) is 0 Å². The van der Waals surface area contributed by atoms with Crippen molar-refractivity contribution in [3.63, 3.8) is 0 Å². The summed E-state index contributed by atoms with van der Waals surface area (Å²) in [5.74, 6) is 0. The first kappa shape index (κ1) is 8.73. The van der Waals surface area contributed by atoms with E-state index in [9.17, 15) is 0 Å². The lowest BCUT2D eigenvalue weighted by molar-refractivity contribution is 0.152. The highest BCUT2D eigenvalue weighted by molar-refractivity contribution is 6.32. The molecule has 0 atom stereocenters. The normalized spacial score (nSPS) is 18.8. The summed E-state index contributed by atoms with van der Waals surface area (Å²) < 4.78 is 5.37. The van der Waals surface area contributed by atoms with Crippen LogP contribution in [0.1, 0.15) is 11.1 Å². The molecule has 1 aliphatic heterocycles. The van der Waals surface area contributed by atoms with Crippen LogP contribution >= 0.6 is 11.6 Å². The van der Waals surface area contributed by atoms with Gasteiger partial charge in [0.25, 0.3) is 0 Å². The van der Waals surface area contributed by atoms with Crippen molar-refractivity contribution in [2.45, 2.75) is 6.61 Å². The van der Waals surface area contributed by atoms with Crippen LogP contribution in [-0.2, 0) is 11.3 Å². The molecule has 0 radical (unpaired) electrons. The predicted molar refractivity (Wildman–Crippen MR) is 53.6 cm³/mol. The van der Waals surface area contributed by atoms with Crippen LogP contribution in [0.25, 0.3) is 0 Å². The van der Waals surface area contributed by atoms with Crippen LogP contribution in [0.3, 0.4) is 0 Å². The summed E-state index contributed by atoms with van der Waals surface area (Å²) in [5.41, 5.74) is 3.15. The Labute approximate surface area is 82.2 Å². The van der Waals surface area contributed by atoms with Crippen LogP contribution < -0.4 is 0 Å². The molecule has 0 spiro atoms. The van der Waals surface area contributed by atoms with E-state index in [1.165, 1.54) is 0 Å². The van der Waals surface area contributed by atoms with E-state index in [0.29, 0.717) is 13.2 Å². The molecule has 13 heavy (non-hydrogen) atoms. The van der Waals surface area contributed by atoms with Crippen LogP contribution in [0.5, 0.6) is 0 Å². The first-order valence-electron chi connectivity index (χ1n) is 4.14. The van der Waals surface area contributed by atoms with E-state index in [4.69, 9.17) is 16.3 Å². The van der Waals surface area contributed by atoms with Gasteiger partial charge < -0.3 is 4.74 Å². The summed E-state index contributed by atoms with van der Waals surface area (Å²) in [4.78, 5) is 4.16. The summed E-state index contributed by atoms with van der Waals surface area (Å²) in [5, 5.41) is 0.762. The molecule has 0 aliphatic carbocycles. The smallest absolute Gasteiger partial charge is 0.0894 e. The van der Waals surface area contributed by atoms with Gasteiger partial charge in [-0.25, -0.2) is 0 Å². The van der Waals surface area contributed by atoms with Crippen molar-refractivity contribution in [1.29, 1.82) is 0 Å². The number of fused-ring (bicyclic) bond motifs is 1. The third-order valence-corrected chi connectivity index (χ3v) is 2.54. The lowest BCUT2D eigenvalue weighted by Crippen LogP contribution is -2.19. The van der Waals surface area contributed by atoms with E-state index in [1.807, 2.05) is 18.2 Å². The molecule has 0 fully saturated rings. The third-order valence-electron chi connectivity index (χ3n) is 2.18. The molecule has 2 rings (SSSR count). The molecular formula is C10H10ClNO. The molecule has 1 aromatic carbocycles. The minimum Gasteiger partial charge on any atom is -0.370 e. The van der Waals surface area contributed by atoms with Crippen molar-refractivity contribution < 1.29 is 4.74 Å². The van der Waals surface area contributed by atoms with E-state index in [0.717, 1.165) is 21.9 Å². The maximum Gasteiger partial charge on any atom is 0.0894 e. The Balaban J connectivity index is 2.58. The number of aliphatic imine (C=N–C) groups is 1. The number of hydrogen-bond acceptors (Lipinski definition) is 2. The first-order chi connectivity index (χ1) is 6.33. The summed E-state index contributed by atoms with van der Waals surface area (Å²) in [6.07, 6.45) is 0. The van der Waals surface area contributed by atoms with Gasteiger partial charge in [0.15, 0.2) is 0 Å². The van der Waals surface area contributed by atoms with Gasteiger partial charge in [-0.1, -0.05) is 23.7 Å². The van der Waals surface area contributed by atoms with Gasteiger partial charge in [0.2, 0.25) is 0 Å². The number of ether oxygens (including phenoxy) is 1. The molecule has 0 amide bonds. The highest BCUT2D eigenvalue weighted by Crippen LogP contribution is 2.24. The molecule has 0 aromatic heterocycles. The second-order valence-electron chi connectivity index (χ2n) is 2.93. The zero-order chi connectivity index (χ0) is 9.26. The van der Waals surface area contributed by atoms with Crippen LogP contribution in [0.4, 0.5) is 0 Å². The third kappa shape index (κ3) is 1.47. The van der Waals surface area contributed by atoms with Gasteiger partial charge in [0.1, 0.15) is 0 Å². The Hall–Kier alpha value is -0.860. The zero-order valence-electron chi connectivity index (χ0n) is 7.38. The number of halogens is 1. The van der Waals surface area contributed by atoms with E-state index in [2.05, 4.69) is 4.99 Å². The van der Waals surface area contributed by atoms with Crippen molar-refractivity contribution in [1.82, 2.24) is 0 Å². The van der Waals surface area contributed by atoms with Crippen molar-refractivity contribution in [3.8, 4) is 0 Å². The van der Waals surface area contributed by atoms with Crippen molar-refractivity contribution in [2.75, 3.05) is 13.7 Å². The van der Waals surface area contributed by atoms with Crippen LogP contribution in [-0.4, -0.2) is 19.4 Å². The van der Waals surface area contributed by atoms with Crippen molar-refractivity contribution in [2.24, 2.45) is 4.99 Å². The van der Waals surface area contributed by atoms with Crippen molar-refractivity contribution in [3.05, 3.63) is 34.3 Å². The monoisotopic (exact) mass is 195 g/mol. The van der Waals surface area contributed by atoms with Crippen LogP contribution in [0.2, 0.25) is 5.02 Å². The fraction of sp³-hybridized carbons (Fsp3) is 0.300. The molecular weight excluding hydrogens is 186 g/mol. The minimum absolute atomic E-state index is 0.587. The van der Waals surface area contributed by atoms with Gasteiger partial charge in [-0.2, -0.15) is 0 Å².